The fraction of sp³-hybridized carbons (Fsp3) is 0.759. The van der Waals surface area contributed by atoms with Crippen molar-refractivity contribution in [3.05, 3.63) is 36.1 Å². The largest absolute Gasteiger partial charge is 0.387 e. The number of allylic oxidation sites excluding steroid dienone is 3. The lowest BCUT2D eigenvalue weighted by molar-refractivity contribution is -0.139. The molecule has 5 heteroatoms. The van der Waals surface area contributed by atoms with Crippen molar-refractivity contribution >= 4 is 17.5 Å². The van der Waals surface area contributed by atoms with Crippen LogP contribution < -0.4 is 10.6 Å². The third kappa shape index (κ3) is 5.93. The van der Waals surface area contributed by atoms with Crippen LogP contribution in [0.15, 0.2) is 36.1 Å². The van der Waals surface area contributed by atoms with Gasteiger partial charge in [0.1, 0.15) is 0 Å². The summed E-state index contributed by atoms with van der Waals surface area (Å²) in [6, 6.07) is 0.502. The average molecular weight is 488 g/mol. The van der Waals surface area contributed by atoms with Crippen molar-refractivity contribution < 1.29 is 4.79 Å². The van der Waals surface area contributed by atoms with Gasteiger partial charge in [0.25, 0.3) is 0 Å². The van der Waals surface area contributed by atoms with E-state index in [1.54, 1.807) is 0 Å². The number of hydrogen-bond donors (Lipinski definition) is 2. The monoisotopic (exact) mass is 487 g/mol. The van der Waals surface area contributed by atoms with Gasteiger partial charge in [-0.15, -0.1) is 11.6 Å². The zero-order chi connectivity index (χ0) is 24.3. The van der Waals surface area contributed by atoms with E-state index < -0.39 is 0 Å². The van der Waals surface area contributed by atoms with Crippen LogP contribution in [-0.4, -0.2) is 47.9 Å². The lowest BCUT2D eigenvalue weighted by Gasteiger charge is -2.48. The van der Waals surface area contributed by atoms with Gasteiger partial charge in [-0.2, -0.15) is 0 Å². The Morgan fingerprint density at radius 3 is 2.74 bits per heavy atom. The summed E-state index contributed by atoms with van der Waals surface area (Å²) in [4.78, 5) is 15.7. The van der Waals surface area contributed by atoms with E-state index in [1.165, 1.54) is 24.8 Å². The molecule has 2 aliphatic heterocycles. The first kappa shape index (κ1) is 25.8. The molecule has 6 atom stereocenters. The van der Waals surface area contributed by atoms with Crippen LogP contribution in [0, 0.1) is 29.1 Å². The van der Waals surface area contributed by atoms with Crippen LogP contribution in [0.5, 0.6) is 0 Å². The number of carbonyl (C=O) groups excluding carboxylic acids is 1. The molecular weight excluding hydrogens is 442 g/mol. The van der Waals surface area contributed by atoms with Gasteiger partial charge in [0.15, 0.2) is 0 Å². The van der Waals surface area contributed by atoms with Crippen LogP contribution in [0.25, 0.3) is 0 Å². The highest BCUT2D eigenvalue weighted by Crippen LogP contribution is 2.43. The van der Waals surface area contributed by atoms with E-state index in [4.69, 9.17) is 11.6 Å². The van der Waals surface area contributed by atoms with E-state index in [2.05, 4.69) is 73.7 Å². The predicted octanol–water partition coefficient (Wildman–Crippen LogP) is 5.65. The zero-order valence-corrected chi connectivity index (χ0v) is 22.5. The van der Waals surface area contributed by atoms with Crippen LogP contribution >= 0.6 is 11.6 Å². The summed E-state index contributed by atoms with van der Waals surface area (Å²) >= 11 is 6.28. The highest BCUT2D eigenvalue weighted by molar-refractivity contribution is 6.21. The van der Waals surface area contributed by atoms with E-state index in [1.807, 2.05) is 0 Å². The number of rotatable bonds is 8. The molecule has 1 saturated heterocycles. The van der Waals surface area contributed by atoms with Crippen LogP contribution in [0.1, 0.15) is 72.6 Å². The Morgan fingerprint density at radius 2 is 2.03 bits per heavy atom. The summed E-state index contributed by atoms with van der Waals surface area (Å²) < 4.78 is 0. The van der Waals surface area contributed by atoms with Gasteiger partial charge in [0, 0.05) is 25.0 Å². The Hall–Kier alpha value is -1.26. The molecule has 0 radical (unpaired) electrons. The van der Waals surface area contributed by atoms with Crippen molar-refractivity contribution in [1.29, 1.82) is 0 Å². The standard InChI is InChI=1S/C29H46ClN3O/c1-20(2)27(31-16-7-8-22-18-32-26-10-6-5-9-24(22)26)28(34)33-17-15-25(29(3,4)19-33)21-11-13-23(30)14-12-21/h5,9,11,13,18,20-21,23-27,31-32H,6-8,10,12,14-17,19H2,1-4H3/t21?,23?,24?,25?,26?,27-/m1/s1. The number of piperidine rings is 1. The Kier molecular flexibility index (Phi) is 8.51. The first-order chi connectivity index (χ1) is 16.3. The molecule has 0 aromatic rings. The summed E-state index contributed by atoms with van der Waals surface area (Å²) in [5, 5.41) is 7.40. The maximum absolute atomic E-state index is 13.6. The smallest absolute Gasteiger partial charge is 0.239 e. The number of alkyl halides is 1. The van der Waals surface area contributed by atoms with E-state index in [0.29, 0.717) is 29.7 Å². The SMILES string of the molecule is CC(C)[C@@H](NCCCC1=CNC2CCC=CC12)C(=O)N1CCC(C2C=CC(Cl)CC2)C(C)(C)C1. The number of nitrogens with zero attached hydrogens (tertiary/aromatic N) is 1. The Bertz CT molecular complexity index is 801. The number of fused-ring (bicyclic) bond motifs is 1. The maximum atomic E-state index is 13.6. The average Bonchev–Trinajstić information content (AvgIpc) is 3.22. The van der Waals surface area contributed by atoms with Crippen molar-refractivity contribution in [2.24, 2.45) is 29.1 Å². The number of likely N-dealkylation sites (tertiary alicyclic amines) is 1. The zero-order valence-electron chi connectivity index (χ0n) is 21.7. The van der Waals surface area contributed by atoms with Gasteiger partial charge in [-0.3, -0.25) is 4.79 Å². The molecule has 0 bridgehead atoms. The second-order valence-corrected chi connectivity index (χ2v) is 12.6. The molecule has 34 heavy (non-hydrogen) atoms. The van der Waals surface area contributed by atoms with E-state index in [0.717, 1.165) is 45.3 Å². The van der Waals surface area contributed by atoms with Crippen molar-refractivity contribution in [3.8, 4) is 0 Å². The molecule has 4 aliphatic rings. The Balaban J connectivity index is 1.27. The normalized spacial score (nSPS) is 33.4. The van der Waals surface area contributed by atoms with Crippen molar-refractivity contribution in [2.75, 3.05) is 19.6 Å². The molecule has 1 fully saturated rings. The van der Waals surface area contributed by atoms with E-state index >= 15 is 0 Å². The van der Waals surface area contributed by atoms with Gasteiger partial charge < -0.3 is 15.5 Å². The van der Waals surface area contributed by atoms with Crippen molar-refractivity contribution in [1.82, 2.24) is 15.5 Å². The van der Waals surface area contributed by atoms with Gasteiger partial charge in [-0.05, 0) is 86.4 Å². The lowest BCUT2D eigenvalue weighted by Crippen LogP contribution is -2.56. The van der Waals surface area contributed by atoms with Gasteiger partial charge in [-0.1, -0.05) is 52.0 Å². The molecule has 4 nitrogen and oxygen atoms in total. The van der Waals surface area contributed by atoms with Crippen LogP contribution in [0.4, 0.5) is 0 Å². The second kappa shape index (κ2) is 11.2. The predicted molar refractivity (Wildman–Crippen MR) is 143 cm³/mol. The number of halogens is 1. The molecule has 0 aromatic carbocycles. The quantitative estimate of drug-likeness (QED) is 0.264. The fourth-order valence-electron chi connectivity index (χ4n) is 6.80. The number of carbonyl (C=O) groups is 1. The molecule has 1 amide bonds. The molecule has 2 N–H and O–H groups in total. The first-order valence-electron chi connectivity index (χ1n) is 13.7. The fourth-order valence-corrected chi connectivity index (χ4v) is 7.01. The molecule has 2 heterocycles. The summed E-state index contributed by atoms with van der Waals surface area (Å²) in [6.45, 7) is 11.7. The topological polar surface area (TPSA) is 44.4 Å². The third-order valence-corrected chi connectivity index (χ3v) is 9.12. The minimum absolute atomic E-state index is 0.100. The number of nitrogens with one attached hydrogen (secondary N) is 2. The van der Waals surface area contributed by atoms with Crippen LogP contribution in [0.3, 0.4) is 0 Å². The van der Waals surface area contributed by atoms with Crippen LogP contribution in [0.2, 0.25) is 0 Å². The molecule has 0 aromatic heterocycles. The molecule has 2 aliphatic carbocycles. The third-order valence-electron chi connectivity index (χ3n) is 8.75. The summed E-state index contributed by atoms with van der Waals surface area (Å²) in [6.07, 6.45) is 19.4. The van der Waals surface area contributed by atoms with Crippen LogP contribution in [-0.2, 0) is 4.79 Å². The van der Waals surface area contributed by atoms with Gasteiger partial charge in [0.05, 0.1) is 11.4 Å². The molecule has 4 rings (SSSR count). The second-order valence-electron chi connectivity index (χ2n) is 12.1. The molecule has 0 spiro atoms. The van der Waals surface area contributed by atoms with Gasteiger partial charge in [-0.25, -0.2) is 0 Å². The minimum atomic E-state index is -0.100. The van der Waals surface area contributed by atoms with Gasteiger partial charge in [0.2, 0.25) is 5.91 Å². The highest BCUT2D eigenvalue weighted by atomic mass is 35.5. The summed E-state index contributed by atoms with van der Waals surface area (Å²) in [7, 11) is 0. The molecular formula is C29H46ClN3O. The number of hydrogen-bond acceptors (Lipinski definition) is 3. The molecule has 190 valence electrons. The molecule has 5 unspecified atom stereocenters. The highest BCUT2D eigenvalue weighted by Gasteiger charge is 2.42. The first-order valence-corrected chi connectivity index (χ1v) is 14.2. The maximum Gasteiger partial charge on any atom is 0.239 e. The van der Waals surface area contributed by atoms with E-state index in [-0.39, 0.29) is 22.8 Å². The summed E-state index contributed by atoms with van der Waals surface area (Å²) in [5.41, 5.74) is 1.64. The van der Waals surface area contributed by atoms with Crippen molar-refractivity contribution in [3.63, 3.8) is 0 Å². The summed E-state index contributed by atoms with van der Waals surface area (Å²) in [5.74, 6) is 2.37. The van der Waals surface area contributed by atoms with Crippen molar-refractivity contribution in [2.45, 2.75) is 90.1 Å². The van der Waals surface area contributed by atoms with Gasteiger partial charge >= 0.3 is 0 Å². The lowest BCUT2D eigenvalue weighted by atomic mass is 9.65. The Labute approximate surface area is 212 Å². The Morgan fingerprint density at radius 1 is 1.21 bits per heavy atom. The number of amides is 1. The van der Waals surface area contributed by atoms with E-state index in [9.17, 15) is 4.79 Å². The molecule has 0 saturated carbocycles. The minimum Gasteiger partial charge on any atom is -0.387 e.